The van der Waals surface area contributed by atoms with E-state index in [-0.39, 0.29) is 6.10 Å². The van der Waals surface area contributed by atoms with Crippen LogP contribution in [-0.4, -0.2) is 34.3 Å². The number of anilines is 1. The second-order valence-corrected chi connectivity index (χ2v) is 8.02. The molecule has 1 aromatic carbocycles. The van der Waals surface area contributed by atoms with E-state index in [1.807, 2.05) is 31.2 Å². The van der Waals surface area contributed by atoms with Crippen molar-refractivity contribution in [1.82, 2.24) is 9.97 Å². The number of aliphatic hydroxyl groups is 1. The van der Waals surface area contributed by atoms with Gasteiger partial charge in [0.15, 0.2) is 5.82 Å². The van der Waals surface area contributed by atoms with Gasteiger partial charge in [-0.05, 0) is 63.5 Å². The minimum absolute atomic E-state index is 0.224. The summed E-state index contributed by atoms with van der Waals surface area (Å²) < 4.78 is 0. The van der Waals surface area contributed by atoms with Gasteiger partial charge in [0.2, 0.25) is 0 Å². The quantitative estimate of drug-likeness (QED) is 0.875. The lowest BCUT2D eigenvalue weighted by Crippen LogP contribution is -2.38. The minimum atomic E-state index is -0.224. The van der Waals surface area contributed by atoms with Crippen molar-refractivity contribution in [3.8, 4) is 11.4 Å². The summed E-state index contributed by atoms with van der Waals surface area (Å²) in [5, 5.41) is 10.6. The number of rotatable bonds is 3. The monoisotopic (exact) mass is 371 g/mol. The number of hydrogen-bond acceptors (Lipinski definition) is 4. The fourth-order valence-corrected chi connectivity index (χ4v) is 4.38. The first kappa shape index (κ1) is 17.7. The van der Waals surface area contributed by atoms with Gasteiger partial charge in [-0.1, -0.05) is 23.7 Å². The van der Waals surface area contributed by atoms with Crippen molar-refractivity contribution in [2.24, 2.45) is 5.92 Å². The van der Waals surface area contributed by atoms with Gasteiger partial charge in [-0.15, -0.1) is 0 Å². The molecule has 2 heterocycles. The Bertz CT molecular complexity index is 785. The zero-order chi connectivity index (χ0) is 18.1. The number of piperidine rings is 1. The van der Waals surface area contributed by atoms with Crippen LogP contribution in [0.1, 0.15) is 43.9 Å². The van der Waals surface area contributed by atoms with Crippen molar-refractivity contribution in [3.05, 3.63) is 40.5 Å². The third-order valence-corrected chi connectivity index (χ3v) is 6.00. The summed E-state index contributed by atoms with van der Waals surface area (Å²) in [6.45, 7) is 3.81. The maximum Gasteiger partial charge on any atom is 0.161 e. The number of halogens is 1. The van der Waals surface area contributed by atoms with Crippen molar-refractivity contribution >= 4 is 17.4 Å². The van der Waals surface area contributed by atoms with Gasteiger partial charge in [0, 0.05) is 34.9 Å². The largest absolute Gasteiger partial charge is 0.393 e. The summed E-state index contributed by atoms with van der Waals surface area (Å²) in [5.41, 5.74) is 3.51. The van der Waals surface area contributed by atoms with Gasteiger partial charge in [0.1, 0.15) is 5.82 Å². The van der Waals surface area contributed by atoms with Gasteiger partial charge < -0.3 is 10.0 Å². The normalized spacial score (nSPS) is 19.3. The molecule has 1 aliphatic heterocycles. The van der Waals surface area contributed by atoms with E-state index in [1.165, 1.54) is 24.1 Å². The first-order valence-corrected chi connectivity index (χ1v) is 10.1. The predicted molar refractivity (Wildman–Crippen MR) is 106 cm³/mol. The molecule has 2 aromatic rings. The molecule has 4 rings (SSSR count). The summed E-state index contributed by atoms with van der Waals surface area (Å²) in [6.07, 6.45) is 6.32. The Labute approximate surface area is 160 Å². The van der Waals surface area contributed by atoms with Crippen LogP contribution in [-0.2, 0) is 12.8 Å². The van der Waals surface area contributed by atoms with Gasteiger partial charge in [-0.2, -0.15) is 0 Å². The van der Waals surface area contributed by atoms with Gasteiger partial charge in [-0.25, -0.2) is 9.97 Å². The molecular weight excluding hydrogens is 346 g/mol. The molecule has 0 radical (unpaired) electrons. The van der Waals surface area contributed by atoms with Crippen molar-refractivity contribution in [3.63, 3.8) is 0 Å². The standard InChI is InChI=1S/C21H26ClN3O/c1-14(26)15-9-11-25(12-10-15)21-18-7-2-3-8-19(18)23-20(24-21)16-5-4-6-17(22)13-16/h4-6,13-15,26H,2-3,7-12H2,1H3. The molecule has 2 aliphatic rings. The Balaban J connectivity index is 1.70. The highest BCUT2D eigenvalue weighted by Crippen LogP contribution is 2.33. The highest BCUT2D eigenvalue weighted by Gasteiger charge is 2.27. The molecule has 1 aromatic heterocycles. The van der Waals surface area contributed by atoms with Crippen LogP contribution >= 0.6 is 11.6 Å². The van der Waals surface area contributed by atoms with E-state index >= 15 is 0 Å². The van der Waals surface area contributed by atoms with Crippen LogP contribution in [0.15, 0.2) is 24.3 Å². The van der Waals surface area contributed by atoms with Crippen LogP contribution in [0.4, 0.5) is 5.82 Å². The molecule has 0 bridgehead atoms. The smallest absolute Gasteiger partial charge is 0.161 e. The first-order valence-electron chi connectivity index (χ1n) is 9.70. The van der Waals surface area contributed by atoms with E-state index in [1.54, 1.807) is 0 Å². The Morgan fingerprint density at radius 3 is 2.65 bits per heavy atom. The molecule has 4 nitrogen and oxygen atoms in total. The summed E-state index contributed by atoms with van der Waals surface area (Å²) in [4.78, 5) is 12.3. The summed E-state index contributed by atoms with van der Waals surface area (Å²) in [5.74, 6) is 2.28. The maximum absolute atomic E-state index is 9.89. The number of nitrogens with zero attached hydrogens (tertiary/aromatic N) is 3. The van der Waals surface area contributed by atoms with Crippen LogP contribution in [0.25, 0.3) is 11.4 Å². The van der Waals surface area contributed by atoms with Crippen molar-refractivity contribution in [2.75, 3.05) is 18.0 Å². The van der Waals surface area contributed by atoms with Crippen molar-refractivity contribution in [2.45, 2.75) is 51.6 Å². The van der Waals surface area contributed by atoms with Crippen LogP contribution < -0.4 is 4.90 Å². The lowest BCUT2D eigenvalue weighted by atomic mass is 9.91. The van der Waals surface area contributed by atoms with Crippen molar-refractivity contribution in [1.29, 1.82) is 0 Å². The maximum atomic E-state index is 9.89. The number of fused-ring (bicyclic) bond motifs is 1. The number of aromatic nitrogens is 2. The van der Waals surface area contributed by atoms with E-state index in [0.29, 0.717) is 10.9 Å². The average molecular weight is 372 g/mol. The van der Waals surface area contributed by atoms with Gasteiger partial charge >= 0.3 is 0 Å². The zero-order valence-corrected chi connectivity index (χ0v) is 16.0. The molecule has 1 aliphatic carbocycles. The first-order chi connectivity index (χ1) is 12.6. The van der Waals surface area contributed by atoms with E-state index in [0.717, 1.165) is 56.0 Å². The van der Waals surface area contributed by atoms with E-state index in [2.05, 4.69) is 4.90 Å². The van der Waals surface area contributed by atoms with E-state index < -0.39 is 0 Å². The lowest BCUT2D eigenvalue weighted by molar-refractivity contribution is 0.109. The van der Waals surface area contributed by atoms with Gasteiger partial charge in [0.05, 0.1) is 6.10 Å². The Morgan fingerprint density at radius 1 is 1.15 bits per heavy atom. The molecule has 1 atom stereocenters. The molecule has 0 amide bonds. The second-order valence-electron chi connectivity index (χ2n) is 7.58. The molecular formula is C21H26ClN3O. The molecule has 138 valence electrons. The van der Waals surface area contributed by atoms with Crippen LogP contribution in [0.5, 0.6) is 0 Å². The third-order valence-electron chi connectivity index (χ3n) is 5.77. The summed E-state index contributed by atoms with van der Waals surface area (Å²) in [6, 6.07) is 7.80. The summed E-state index contributed by atoms with van der Waals surface area (Å²) >= 11 is 6.18. The molecule has 1 saturated heterocycles. The van der Waals surface area contributed by atoms with E-state index in [4.69, 9.17) is 21.6 Å². The minimum Gasteiger partial charge on any atom is -0.393 e. The SMILES string of the molecule is CC(O)C1CCN(c2nc(-c3cccc(Cl)c3)nc3c2CCCC3)CC1. The zero-order valence-electron chi connectivity index (χ0n) is 15.3. The second kappa shape index (κ2) is 7.53. The highest BCUT2D eigenvalue weighted by atomic mass is 35.5. The Kier molecular flexibility index (Phi) is 5.14. The Morgan fingerprint density at radius 2 is 1.92 bits per heavy atom. The molecule has 0 spiro atoms. The fraction of sp³-hybridized carbons (Fsp3) is 0.524. The predicted octanol–water partition coefficient (Wildman–Crippen LogP) is 4.27. The van der Waals surface area contributed by atoms with Gasteiger partial charge in [-0.3, -0.25) is 0 Å². The van der Waals surface area contributed by atoms with Crippen LogP contribution in [0, 0.1) is 5.92 Å². The highest BCUT2D eigenvalue weighted by molar-refractivity contribution is 6.30. The average Bonchev–Trinajstić information content (AvgIpc) is 2.67. The van der Waals surface area contributed by atoms with Crippen molar-refractivity contribution < 1.29 is 5.11 Å². The molecule has 0 saturated carbocycles. The number of benzene rings is 1. The number of aliphatic hydroxyl groups excluding tert-OH is 1. The van der Waals surface area contributed by atoms with Gasteiger partial charge in [0.25, 0.3) is 0 Å². The van der Waals surface area contributed by atoms with Crippen LogP contribution in [0.3, 0.4) is 0 Å². The van der Waals surface area contributed by atoms with E-state index in [9.17, 15) is 5.11 Å². The molecule has 26 heavy (non-hydrogen) atoms. The molecule has 5 heteroatoms. The molecule has 1 fully saturated rings. The summed E-state index contributed by atoms with van der Waals surface area (Å²) in [7, 11) is 0. The van der Waals surface area contributed by atoms with Crippen LogP contribution in [0.2, 0.25) is 5.02 Å². The topological polar surface area (TPSA) is 49.2 Å². The number of aryl methyl sites for hydroxylation is 1. The molecule has 1 unspecified atom stereocenters. The Hall–Kier alpha value is -1.65. The number of hydrogen-bond donors (Lipinski definition) is 1. The molecule has 1 N–H and O–H groups in total. The fourth-order valence-electron chi connectivity index (χ4n) is 4.19. The third kappa shape index (κ3) is 3.58. The lowest BCUT2D eigenvalue weighted by Gasteiger charge is -2.36.